The van der Waals surface area contributed by atoms with E-state index in [9.17, 15) is 0 Å². The van der Waals surface area contributed by atoms with Crippen molar-refractivity contribution in [1.82, 2.24) is 4.98 Å². The van der Waals surface area contributed by atoms with Gasteiger partial charge in [0.05, 0.1) is 5.01 Å². The Kier molecular flexibility index (Phi) is 2.94. The Morgan fingerprint density at radius 1 is 1.78 bits per heavy atom. The molecule has 0 aliphatic heterocycles. The first kappa shape index (κ1) is 6.96. The number of rotatable bonds is 2. The summed E-state index contributed by atoms with van der Waals surface area (Å²) in [5, 5.41) is 3.14. The minimum absolute atomic E-state index is 0.933. The van der Waals surface area contributed by atoms with E-state index in [1.807, 2.05) is 22.6 Å². The average molecular weight is 204 g/mol. The van der Waals surface area contributed by atoms with E-state index in [0.29, 0.717) is 0 Å². The highest BCUT2D eigenvalue weighted by molar-refractivity contribution is 9.11. The predicted molar refractivity (Wildman–Crippen MR) is 43.9 cm³/mol. The Morgan fingerprint density at radius 2 is 2.67 bits per heavy atom. The third-order valence-electron chi connectivity index (χ3n) is 0.865. The quantitative estimate of drug-likeness (QED) is 0.721. The van der Waals surface area contributed by atoms with E-state index < -0.39 is 0 Å². The third kappa shape index (κ3) is 2.28. The van der Waals surface area contributed by atoms with Crippen molar-refractivity contribution in [3.05, 3.63) is 27.6 Å². The summed E-state index contributed by atoms with van der Waals surface area (Å²) in [5.41, 5.74) is 0. The first-order valence-electron chi connectivity index (χ1n) is 2.57. The Labute approximate surface area is 66.6 Å². The number of nitrogens with zero attached hydrogens (tertiary/aromatic N) is 1. The Hall–Kier alpha value is -0.150. The number of halogens is 1. The highest BCUT2D eigenvalue weighted by Crippen LogP contribution is 2.05. The predicted octanol–water partition coefficient (Wildman–Crippen LogP) is 2.59. The second kappa shape index (κ2) is 3.80. The van der Waals surface area contributed by atoms with E-state index in [4.69, 9.17) is 0 Å². The fraction of sp³-hybridized carbons (Fsp3) is 0.167. The standard InChI is InChI=1S/C6H6BrNS/c7-3-1-2-6-8-4-5-9-6/h1,3-5H,2H2. The van der Waals surface area contributed by atoms with Crippen molar-refractivity contribution in [3.63, 3.8) is 0 Å². The first-order chi connectivity index (χ1) is 4.43. The van der Waals surface area contributed by atoms with Gasteiger partial charge in [0.25, 0.3) is 0 Å². The summed E-state index contributed by atoms with van der Waals surface area (Å²) in [4.78, 5) is 5.96. The zero-order valence-electron chi connectivity index (χ0n) is 4.75. The maximum absolute atomic E-state index is 4.10. The minimum Gasteiger partial charge on any atom is -0.249 e. The molecule has 0 spiro atoms. The molecule has 1 rings (SSSR count). The van der Waals surface area contributed by atoms with Gasteiger partial charge in [0, 0.05) is 18.0 Å². The number of aromatic nitrogens is 1. The minimum atomic E-state index is 0.933. The van der Waals surface area contributed by atoms with Crippen LogP contribution in [0.2, 0.25) is 0 Å². The van der Waals surface area contributed by atoms with Crippen LogP contribution in [0.25, 0.3) is 0 Å². The van der Waals surface area contributed by atoms with E-state index >= 15 is 0 Å². The molecule has 48 valence electrons. The van der Waals surface area contributed by atoms with Gasteiger partial charge in [0.1, 0.15) is 0 Å². The maximum Gasteiger partial charge on any atom is 0.0962 e. The van der Waals surface area contributed by atoms with Crippen LogP contribution in [0.5, 0.6) is 0 Å². The second-order valence-corrected chi connectivity index (χ2v) is 3.00. The SMILES string of the molecule is BrC=CCc1nccs1. The number of allylic oxidation sites excluding steroid dienone is 1. The van der Waals surface area contributed by atoms with Crippen LogP contribution in [0.15, 0.2) is 22.6 Å². The molecule has 0 aromatic carbocycles. The highest BCUT2D eigenvalue weighted by Gasteiger charge is 1.87. The summed E-state index contributed by atoms with van der Waals surface area (Å²) in [6, 6.07) is 0. The molecular weight excluding hydrogens is 198 g/mol. The van der Waals surface area contributed by atoms with Crippen molar-refractivity contribution in [1.29, 1.82) is 0 Å². The lowest BCUT2D eigenvalue weighted by Gasteiger charge is -1.81. The van der Waals surface area contributed by atoms with Crippen LogP contribution in [0.3, 0.4) is 0 Å². The van der Waals surface area contributed by atoms with Gasteiger partial charge in [0.2, 0.25) is 0 Å². The first-order valence-corrected chi connectivity index (χ1v) is 4.36. The van der Waals surface area contributed by atoms with Gasteiger partial charge in [-0.1, -0.05) is 22.0 Å². The Morgan fingerprint density at radius 3 is 3.22 bits per heavy atom. The van der Waals surface area contributed by atoms with Crippen molar-refractivity contribution < 1.29 is 0 Å². The van der Waals surface area contributed by atoms with Gasteiger partial charge in [-0.05, 0) is 4.99 Å². The normalized spacial score (nSPS) is 10.8. The molecule has 0 aliphatic rings. The van der Waals surface area contributed by atoms with Gasteiger partial charge >= 0.3 is 0 Å². The summed E-state index contributed by atoms with van der Waals surface area (Å²) in [6.07, 6.45) is 4.78. The lowest BCUT2D eigenvalue weighted by atomic mass is 10.4. The number of hydrogen-bond donors (Lipinski definition) is 0. The molecule has 1 aromatic rings. The van der Waals surface area contributed by atoms with E-state index in [1.54, 1.807) is 11.3 Å². The molecule has 1 heterocycles. The van der Waals surface area contributed by atoms with E-state index in [1.165, 1.54) is 0 Å². The van der Waals surface area contributed by atoms with Crippen molar-refractivity contribution in [2.45, 2.75) is 6.42 Å². The topological polar surface area (TPSA) is 12.9 Å². The van der Waals surface area contributed by atoms with Crippen LogP contribution in [-0.4, -0.2) is 4.98 Å². The fourth-order valence-electron chi connectivity index (χ4n) is 0.499. The number of thiazole rings is 1. The van der Waals surface area contributed by atoms with Crippen molar-refractivity contribution >= 4 is 27.3 Å². The van der Waals surface area contributed by atoms with Gasteiger partial charge in [-0.3, -0.25) is 0 Å². The molecule has 3 heteroatoms. The van der Waals surface area contributed by atoms with Crippen LogP contribution in [-0.2, 0) is 6.42 Å². The highest BCUT2D eigenvalue weighted by atomic mass is 79.9. The summed E-state index contributed by atoms with van der Waals surface area (Å²) >= 11 is 4.87. The summed E-state index contributed by atoms with van der Waals surface area (Å²) in [7, 11) is 0. The summed E-state index contributed by atoms with van der Waals surface area (Å²) in [5.74, 6) is 0. The molecule has 0 amide bonds. The van der Waals surface area contributed by atoms with E-state index in [-0.39, 0.29) is 0 Å². The zero-order chi connectivity index (χ0) is 6.53. The molecule has 0 saturated carbocycles. The van der Waals surface area contributed by atoms with Crippen molar-refractivity contribution in [2.75, 3.05) is 0 Å². The Bertz CT molecular complexity index is 181. The molecule has 0 saturated heterocycles. The molecule has 0 unspecified atom stereocenters. The van der Waals surface area contributed by atoms with Gasteiger partial charge in [0.15, 0.2) is 0 Å². The monoisotopic (exact) mass is 203 g/mol. The third-order valence-corrected chi connectivity index (χ3v) is 2.04. The largest absolute Gasteiger partial charge is 0.249 e. The molecule has 0 aliphatic carbocycles. The Balaban J connectivity index is 2.48. The van der Waals surface area contributed by atoms with Crippen LogP contribution in [0, 0.1) is 0 Å². The van der Waals surface area contributed by atoms with Crippen LogP contribution in [0.1, 0.15) is 5.01 Å². The van der Waals surface area contributed by atoms with E-state index in [2.05, 4.69) is 20.9 Å². The van der Waals surface area contributed by atoms with Gasteiger partial charge in [-0.2, -0.15) is 0 Å². The molecular formula is C6H6BrNS. The average Bonchev–Trinajstić information content (AvgIpc) is 2.34. The van der Waals surface area contributed by atoms with Crippen LogP contribution < -0.4 is 0 Å². The molecule has 1 aromatic heterocycles. The molecule has 1 nitrogen and oxygen atoms in total. The van der Waals surface area contributed by atoms with Crippen molar-refractivity contribution in [3.8, 4) is 0 Å². The molecule has 0 atom stereocenters. The summed E-state index contributed by atoms with van der Waals surface area (Å²) < 4.78 is 0. The molecule has 0 bridgehead atoms. The second-order valence-electron chi connectivity index (χ2n) is 1.49. The molecule has 0 N–H and O–H groups in total. The van der Waals surface area contributed by atoms with E-state index in [0.717, 1.165) is 11.4 Å². The number of hydrogen-bond acceptors (Lipinski definition) is 2. The molecule has 0 radical (unpaired) electrons. The molecule has 9 heavy (non-hydrogen) atoms. The molecule has 0 fully saturated rings. The fourth-order valence-corrected chi connectivity index (χ4v) is 1.28. The lowest BCUT2D eigenvalue weighted by Crippen LogP contribution is -1.73. The van der Waals surface area contributed by atoms with Crippen LogP contribution in [0.4, 0.5) is 0 Å². The smallest absolute Gasteiger partial charge is 0.0962 e. The van der Waals surface area contributed by atoms with Crippen molar-refractivity contribution in [2.24, 2.45) is 0 Å². The maximum atomic E-state index is 4.10. The zero-order valence-corrected chi connectivity index (χ0v) is 7.15. The van der Waals surface area contributed by atoms with Gasteiger partial charge in [-0.25, -0.2) is 4.98 Å². The lowest BCUT2D eigenvalue weighted by molar-refractivity contribution is 1.19. The summed E-state index contributed by atoms with van der Waals surface area (Å²) in [6.45, 7) is 0. The van der Waals surface area contributed by atoms with Gasteiger partial charge < -0.3 is 0 Å². The van der Waals surface area contributed by atoms with Crippen LogP contribution >= 0.6 is 27.3 Å². The van der Waals surface area contributed by atoms with Gasteiger partial charge in [-0.15, -0.1) is 11.3 Å².